The molecule has 3 rings (SSSR count). The van der Waals surface area contributed by atoms with Crippen LogP contribution in [0.2, 0.25) is 0 Å². The van der Waals surface area contributed by atoms with Crippen molar-refractivity contribution in [3.05, 3.63) is 59.9 Å². The van der Waals surface area contributed by atoms with Crippen LogP contribution in [0.15, 0.2) is 53.1 Å². The molecule has 0 saturated heterocycles. The molecule has 1 aromatic heterocycles. The number of anilines is 1. The van der Waals surface area contributed by atoms with Gasteiger partial charge in [-0.05, 0) is 36.8 Å². The van der Waals surface area contributed by atoms with Crippen LogP contribution in [0.3, 0.4) is 0 Å². The first-order valence-electron chi connectivity index (χ1n) is 6.61. The Morgan fingerprint density at radius 1 is 1.15 bits per heavy atom. The molecule has 102 valence electrons. The molecule has 3 aromatic rings. The predicted octanol–water partition coefficient (Wildman–Crippen LogP) is 4.36. The number of hydrogen-bond donors (Lipinski definition) is 1. The van der Waals surface area contributed by atoms with E-state index in [0.717, 1.165) is 40.1 Å². The maximum absolute atomic E-state index is 5.54. The summed E-state index contributed by atoms with van der Waals surface area (Å²) in [5.74, 6) is 0.877. The first-order valence-corrected chi connectivity index (χ1v) is 6.61. The average molecular weight is 267 g/mol. The van der Waals surface area contributed by atoms with Crippen LogP contribution >= 0.6 is 0 Å². The Labute approximate surface area is 118 Å². The summed E-state index contributed by atoms with van der Waals surface area (Å²) >= 11 is 0. The van der Waals surface area contributed by atoms with E-state index < -0.39 is 0 Å². The lowest BCUT2D eigenvalue weighted by molar-refractivity contribution is 0.414. The van der Waals surface area contributed by atoms with Gasteiger partial charge >= 0.3 is 0 Å². The van der Waals surface area contributed by atoms with Crippen molar-refractivity contribution in [2.24, 2.45) is 0 Å². The minimum absolute atomic E-state index is 0.740. The molecule has 0 aliphatic heterocycles. The fraction of sp³-hybridized carbons (Fsp3) is 0.176. The number of ether oxygens (including phenoxy) is 1. The van der Waals surface area contributed by atoms with E-state index >= 15 is 0 Å². The molecule has 2 aromatic carbocycles. The van der Waals surface area contributed by atoms with Gasteiger partial charge in [0.1, 0.15) is 11.3 Å². The van der Waals surface area contributed by atoms with Gasteiger partial charge in [0.15, 0.2) is 0 Å². The van der Waals surface area contributed by atoms with Crippen LogP contribution in [0, 0.1) is 6.92 Å². The van der Waals surface area contributed by atoms with Gasteiger partial charge in [-0.25, -0.2) is 0 Å². The molecule has 20 heavy (non-hydrogen) atoms. The summed E-state index contributed by atoms with van der Waals surface area (Å²) in [6, 6.07) is 14.1. The van der Waals surface area contributed by atoms with Crippen molar-refractivity contribution in [1.29, 1.82) is 0 Å². The Kier molecular flexibility index (Phi) is 3.33. The van der Waals surface area contributed by atoms with Crippen LogP contribution < -0.4 is 10.1 Å². The number of para-hydroxylation sites is 1. The summed E-state index contributed by atoms with van der Waals surface area (Å²) in [4.78, 5) is 0. The number of aryl methyl sites for hydroxylation is 1. The van der Waals surface area contributed by atoms with E-state index in [0.29, 0.717) is 0 Å². The zero-order valence-electron chi connectivity index (χ0n) is 11.6. The molecule has 0 saturated carbocycles. The van der Waals surface area contributed by atoms with Crippen LogP contribution in [0.1, 0.15) is 11.1 Å². The van der Waals surface area contributed by atoms with Crippen molar-refractivity contribution in [3.63, 3.8) is 0 Å². The van der Waals surface area contributed by atoms with E-state index in [1.807, 2.05) is 42.7 Å². The lowest BCUT2D eigenvalue weighted by Crippen LogP contribution is -2.00. The summed E-state index contributed by atoms with van der Waals surface area (Å²) in [5, 5.41) is 4.60. The average Bonchev–Trinajstić information content (AvgIpc) is 2.89. The number of fused-ring (bicyclic) bond motifs is 1. The highest BCUT2D eigenvalue weighted by Gasteiger charge is 2.06. The summed E-state index contributed by atoms with van der Waals surface area (Å²) < 4.78 is 10.8. The molecule has 0 aliphatic rings. The van der Waals surface area contributed by atoms with Crippen molar-refractivity contribution in [1.82, 2.24) is 0 Å². The molecule has 0 atom stereocenters. The minimum atomic E-state index is 0.740. The molecular formula is C17H17NO2. The Morgan fingerprint density at radius 2 is 2.00 bits per heavy atom. The maximum Gasteiger partial charge on any atom is 0.134 e. The van der Waals surface area contributed by atoms with Gasteiger partial charge < -0.3 is 14.5 Å². The first-order chi connectivity index (χ1) is 9.78. The Hall–Kier alpha value is -2.42. The molecule has 0 fully saturated rings. The molecule has 3 nitrogen and oxygen atoms in total. The molecule has 0 bridgehead atoms. The lowest BCUT2D eigenvalue weighted by Gasteiger charge is -2.10. The normalized spacial score (nSPS) is 10.7. The standard InChI is InChI=1S/C17H17NO2/c1-12-9-14(19-2)7-8-16(12)18-10-13-11-20-17-6-4-3-5-15(13)17/h3-9,11,18H,10H2,1-2H3. The number of benzene rings is 2. The van der Waals surface area contributed by atoms with Gasteiger partial charge in [0.05, 0.1) is 13.4 Å². The summed E-state index contributed by atoms with van der Waals surface area (Å²) in [5.41, 5.74) is 4.36. The molecule has 3 heteroatoms. The minimum Gasteiger partial charge on any atom is -0.497 e. The van der Waals surface area contributed by atoms with E-state index in [9.17, 15) is 0 Å². The SMILES string of the molecule is COc1ccc(NCc2coc3ccccc23)c(C)c1. The largest absolute Gasteiger partial charge is 0.497 e. The third-order valence-corrected chi connectivity index (χ3v) is 3.46. The zero-order valence-corrected chi connectivity index (χ0v) is 11.6. The first kappa shape index (κ1) is 12.6. The second-order valence-corrected chi connectivity index (χ2v) is 4.79. The quantitative estimate of drug-likeness (QED) is 0.762. The molecular weight excluding hydrogens is 250 g/mol. The van der Waals surface area contributed by atoms with Gasteiger partial charge in [0.2, 0.25) is 0 Å². The van der Waals surface area contributed by atoms with Gasteiger partial charge in [0, 0.05) is 23.2 Å². The highest BCUT2D eigenvalue weighted by atomic mass is 16.5. The van der Waals surface area contributed by atoms with E-state index in [1.54, 1.807) is 7.11 Å². The van der Waals surface area contributed by atoms with Crippen LogP contribution in [-0.2, 0) is 6.54 Å². The zero-order chi connectivity index (χ0) is 13.9. The molecule has 0 spiro atoms. The van der Waals surface area contributed by atoms with Crippen molar-refractivity contribution < 1.29 is 9.15 Å². The maximum atomic E-state index is 5.54. The lowest BCUT2D eigenvalue weighted by atomic mass is 10.1. The topological polar surface area (TPSA) is 34.4 Å². The second kappa shape index (κ2) is 5.29. The van der Waals surface area contributed by atoms with Gasteiger partial charge in [-0.2, -0.15) is 0 Å². The summed E-state index contributed by atoms with van der Waals surface area (Å²) in [6.07, 6.45) is 1.82. The van der Waals surface area contributed by atoms with Crippen LogP contribution in [0.5, 0.6) is 5.75 Å². The van der Waals surface area contributed by atoms with Gasteiger partial charge in [0.25, 0.3) is 0 Å². The smallest absolute Gasteiger partial charge is 0.134 e. The van der Waals surface area contributed by atoms with Gasteiger partial charge in [-0.3, -0.25) is 0 Å². The number of furan rings is 1. The summed E-state index contributed by atoms with van der Waals surface area (Å²) in [7, 11) is 1.68. The van der Waals surface area contributed by atoms with Crippen molar-refractivity contribution in [3.8, 4) is 5.75 Å². The van der Waals surface area contributed by atoms with Crippen molar-refractivity contribution in [2.75, 3.05) is 12.4 Å². The Morgan fingerprint density at radius 3 is 2.80 bits per heavy atom. The number of methoxy groups -OCH3 is 1. The predicted molar refractivity (Wildman–Crippen MR) is 81.3 cm³/mol. The van der Waals surface area contributed by atoms with Crippen LogP contribution in [0.4, 0.5) is 5.69 Å². The molecule has 0 amide bonds. The molecule has 0 radical (unpaired) electrons. The van der Waals surface area contributed by atoms with Crippen molar-refractivity contribution in [2.45, 2.75) is 13.5 Å². The fourth-order valence-corrected chi connectivity index (χ4v) is 2.32. The Balaban J connectivity index is 1.79. The monoisotopic (exact) mass is 267 g/mol. The van der Waals surface area contributed by atoms with Crippen LogP contribution in [0.25, 0.3) is 11.0 Å². The molecule has 1 heterocycles. The fourth-order valence-electron chi connectivity index (χ4n) is 2.32. The molecule has 0 aliphatic carbocycles. The summed E-state index contributed by atoms with van der Waals surface area (Å²) in [6.45, 7) is 2.81. The number of rotatable bonds is 4. The van der Waals surface area contributed by atoms with Crippen LogP contribution in [-0.4, -0.2) is 7.11 Å². The van der Waals surface area contributed by atoms with E-state index in [1.165, 1.54) is 0 Å². The number of hydrogen-bond acceptors (Lipinski definition) is 3. The number of nitrogens with one attached hydrogen (secondary N) is 1. The third kappa shape index (κ3) is 2.35. The second-order valence-electron chi connectivity index (χ2n) is 4.79. The van der Waals surface area contributed by atoms with Crippen molar-refractivity contribution >= 4 is 16.7 Å². The molecule has 1 N–H and O–H groups in total. The molecule has 0 unspecified atom stereocenters. The third-order valence-electron chi connectivity index (χ3n) is 3.46. The van der Waals surface area contributed by atoms with E-state index in [2.05, 4.69) is 18.3 Å². The van der Waals surface area contributed by atoms with E-state index in [-0.39, 0.29) is 0 Å². The van der Waals surface area contributed by atoms with Gasteiger partial charge in [-0.15, -0.1) is 0 Å². The highest BCUT2D eigenvalue weighted by Crippen LogP contribution is 2.24. The van der Waals surface area contributed by atoms with E-state index in [4.69, 9.17) is 9.15 Å². The van der Waals surface area contributed by atoms with Gasteiger partial charge in [-0.1, -0.05) is 18.2 Å². The Bertz CT molecular complexity index is 731. The highest BCUT2D eigenvalue weighted by molar-refractivity contribution is 5.81.